The topological polar surface area (TPSA) is 39.3 Å². The third-order valence-electron chi connectivity index (χ3n) is 5.93. The number of carbonyl (C=O) groups excluding carboxylic acids is 1. The summed E-state index contributed by atoms with van der Waals surface area (Å²) in [6, 6.07) is 7.85. The summed E-state index contributed by atoms with van der Waals surface area (Å²) in [7, 11) is 0. The number of hydrogen-bond donors (Lipinski definition) is 1. The molecule has 0 spiro atoms. The van der Waals surface area contributed by atoms with Gasteiger partial charge in [-0.05, 0) is 62.2 Å². The van der Waals surface area contributed by atoms with E-state index in [1.165, 1.54) is 40.7 Å². The maximum absolute atomic E-state index is 11.7. The van der Waals surface area contributed by atoms with Crippen molar-refractivity contribution in [3.63, 3.8) is 0 Å². The highest BCUT2D eigenvalue weighted by Crippen LogP contribution is 2.31. The predicted octanol–water partition coefficient (Wildman–Crippen LogP) is 3.52. The second kappa shape index (κ2) is 7.04. The van der Waals surface area contributed by atoms with Crippen molar-refractivity contribution in [2.24, 2.45) is 0 Å². The fourth-order valence-corrected chi connectivity index (χ4v) is 5.00. The summed E-state index contributed by atoms with van der Waals surface area (Å²) in [5, 5.41) is 1.37. The van der Waals surface area contributed by atoms with E-state index in [1.54, 1.807) is 18.7 Å². The van der Waals surface area contributed by atoms with E-state index in [0.29, 0.717) is 12.1 Å². The van der Waals surface area contributed by atoms with Gasteiger partial charge in [-0.1, -0.05) is 0 Å². The number of likely N-dealkylation sites (tertiary alicyclic amines) is 2. The molecule has 0 bridgehead atoms. The smallest absolute Gasteiger partial charge is 0.219 e. The van der Waals surface area contributed by atoms with Crippen LogP contribution in [0.15, 0.2) is 29.3 Å². The minimum Gasteiger partial charge on any atom is -0.361 e. The van der Waals surface area contributed by atoms with Gasteiger partial charge in [-0.2, -0.15) is 0 Å². The number of nitrogens with one attached hydrogen (secondary N) is 1. The number of rotatable bonds is 4. The monoisotopic (exact) mass is 357 g/mol. The minimum atomic E-state index is 0.222. The van der Waals surface area contributed by atoms with Crippen LogP contribution < -0.4 is 0 Å². The zero-order valence-electron chi connectivity index (χ0n) is 15.1. The number of thioether (sulfide) groups is 1. The van der Waals surface area contributed by atoms with Crippen molar-refractivity contribution in [2.45, 2.75) is 49.6 Å². The molecule has 2 aromatic rings. The predicted molar refractivity (Wildman–Crippen MR) is 104 cm³/mol. The lowest BCUT2D eigenvalue weighted by Crippen LogP contribution is -2.42. The van der Waals surface area contributed by atoms with E-state index < -0.39 is 0 Å². The summed E-state index contributed by atoms with van der Waals surface area (Å²) in [6.07, 6.45) is 9.11. The van der Waals surface area contributed by atoms with Crippen LogP contribution in [-0.4, -0.2) is 58.7 Å². The summed E-state index contributed by atoms with van der Waals surface area (Å²) in [6.45, 7) is 4.71. The highest BCUT2D eigenvalue weighted by atomic mass is 32.2. The summed E-state index contributed by atoms with van der Waals surface area (Å²) in [5.41, 5.74) is 2.67. The van der Waals surface area contributed by atoms with E-state index in [-0.39, 0.29) is 5.91 Å². The molecule has 0 saturated carbocycles. The van der Waals surface area contributed by atoms with Crippen LogP contribution in [-0.2, 0) is 11.2 Å². The first-order valence-electron chi connectivity index (χ1n) is 9.31. The van der Waals surface area contributed by atoms with Gasteiger partial charge in [0.2, 0.25) is 5.91 Å². The number of nitrogens with zero attached hydrogens (tertiary/aromatic N) is 2. The molecule has 3 heterocycles. The van der Waals surface area contributed by atoms with E-state index in [0.717, 1.165) is 25.9 Å². The molecule has 4 nitrogen and oxygen atoms in total. The van der Waals surface area contributed by atoms with Crippen molar-refractivity contribution in [1.82, 2.24) is 14.8 Å². The highest BCUT2D eigenvalue weighted by molar-refractivity contribution is 7.98. The Morgan fingerprint density at radius 2 is 2.20 bits per heavy atom. The van der Waals surface area contributed by atoms with Gasteiger partial charge in [0.15, 0.2) is 0 Å². The number of carbonyl (C=O) groups is 1. The number of aromatic nitrogens is 1. The standard InChI is InChI=1S/C20H27N3OS/c1-14(24)22-9-7-17(13-22)23-8-3-4-16(23)10-15-12-21-20-6-5-18(25-2)11-19(15)20/h5-6,11-12,16-17,21H,3-4,7-10,13H2,1-2H3/t16-,17-/m1/s1. The quantitative estimate of drug-likeness (QED) is 0.851. The maximum Gasteiger partial charge on any atom is 0.219 e. The maximum atomic E-state index is 11.7. The molecule has 1 amide bonds. The second-order valence-electron chi connectivity index (χ2n) is 7.37. The largest absolute Gasteiger partial charge is 0.361 e. The Hall–Kier alpha value is -1.46. The summed E-state index contributed by atoms with van der Waals surface area (Å²) < 4.78 is 0. The third-order valence-corrected chi connectivity index (χ3v) is 6.66. The molecule has 2 fully saturated rings. The molecule has 2 aliphatic heterocycles. The number of aromatic amines is 1. The van der Waals surface area contributed by atoms with E-state index in [1.807, 2.05) is 4.90 Å². The van der Waals surface area contributed by atoms with Crippen LogP contribution in [0, 0.1) is 0 Å². The number of H-pyrrole nitrogens is 1. The highest BCUT2D eigenvalue weighted by Gasteiger charge is 2.35. The number of benzene rings is 1. The van der Waals surface area contributed by atoms with Crippen LogP contribution in [0.5, 0.6) is 0 Å². The Morgan fingerprint density at radius 3 is 2.96 bits per heavy atom. The zero-order chi connectivity index (χ0) is 17.4. The van der Waals surface area contributed by atoms with Crippen molar-refractivity contribution in [2.75, 3.05) is 25.9 Å². The zero-order valence-corrected chi connectivity index (χ0v) is 15.9. The van der Waals surface area contributed by atoms with Gasteiger partial charge >= 0.3 is 0 Å². The van der Waals surface area contributed by atoms with Crippen LogP contribution in [0.3, 0.4) is 0 Å². The van der Waals surface area contributed by atoms with Crippen molar-refractivity contribution >= 4 is 28.6 Å². The average Bonchev–Trinajstić information content (AvgIpc) is 3.34. The van der Waals surface area contributed by atoms with Crippen molar-refractivity contribution in [3.05, 3.63) is 30.0 Å². The summed E-state index contributed by atoms with van der Waals surface area (Å²) >= 11 is 1.80. The van der Waals surface area contributed by atoms with Crippen LogP contribution >= 0.6 is 11.8 Å². The molecule has 134 valence electrons. The molecule has 2 atom stereocenters. The molecule has 4 rings (SSSR count). The Balaban J connectivity index is 1.51. The first-order chi connectivity index (χ1) is 12.2. The van der Waals surface area contributed by atoms with Crippen LogP contribution in [0.2, 0.25) is 0 Å². The summed E-state index contributed by atoms with van der Waals surface area (Å²) in [5.74, 6) is 0.222. The van der Waals surface area contributed by atoms with Gasteiger partial charge in [0.1, 0.15) is 0 Å². The summed E-state index contributed by atoms with van der Waals surface area (Å²) in [4.78, 5) is 21.1. The van der Waals surface area contributed by atoms with Crippen molar-refractivity contribution < 1.29 is 4.79 Å². The van der Waals surface area contributed by atoms with Gasteiger partial charge in [-0.15, -0.1) is 11.8 Å². The van der Waals surface area contributed by atoms with Crippen molar-refractivity contribution in [3.8, 4) is 0 Å². The normalized spacial score (nSPS) is 24.5. The van der Waals surface area contributed by atoms with Crippen molar-refractivity contribution in [1.29, 1.82) is 0 Å². The van der Waals surface area contributed by atoms with E-state index in [4.69, 9.17) is 0 Å². The van der Waals surface area contributed by atoms with E-state index in [2.05, 4.69) is 40.5 Å². The van der Waals surface area contributed by atoms with E-state index >= 15 is 0 Å². The van der Waals surface area contributed by atoms with Gasteiger partial charge < -0.3 is 9.88 Å². The lowest BCUT2D eigenvalue weighted by atomic mass is 10.0. The first-order valence-corrected chi connectivity index (χ1v) is 10.5. The third kappa shape index (κ3) is 3.32. The molecule has 0 aliphatic carbocycles. The molecule has 0 radical (unpaired) electrons. The SMILES string of the molecule is CSc1ccc2[nH]cc(C[C@H]3CCCN3[C@@H]3CCN(C(C)=O)C3)c2c1. The molecule has 1 aromatic heterocycles. The first kappa shape index (κ1) is 17.0. The van der Waals surface area contributed by atoms with Gasteiger partial charge in [0, 0.05) is 54.1 Å². The lowest BCUT2D eigenvalue weighted by molar-refractivity contribution is -0.128. The fourth-order valence-electron chi connectivity index (χ4n) is 4.56. The Kier molecular flexibility index (Phi) is 4.78. The Morgan fingerprint density at radius 1 is 1.32 bits per heavy atom. The number of amides is 1. The van der Waals surface area contributed by atoms with E-state index in [9.17, 15) is 4.79 Å². The molecule has 5 heteroatoms. The molecule has 2 aliphatic rings. The fraction of sp³-hybridized carbons (Fsp3) is 0.550. The number of fused-ring (bicyclic) bond motifs is 1. The molecule has 0 unspecified atom stereocenters. The average molecular weight is 358 g/mol. The Labute approximate surface area is 153 Å². The minimum absolute atomic E-state index is 0.222. The lowest BCUT2D eigenvalue weighted by Gasteiger charge is -2.30. The second-order valence-corrected chi connectivity index (χ2v) is 8.25. The molecule has 1 aromatic carbocycles. The van der Waals surface area contributed by atoms with Crippen LogP contribution in [0.4, 0.5) is 0 Å². The number of hydrogen-bond acceptors (Lipinski definition) is 3. The molecule has 25 heavy (non-hydrogen) atoms. The van der Waals surface area contributed by atoms with Crippen LogP contribution in [0.25, 0.3) is 10.9 Å². The van der Waals surface area contributed by atoms with Gasteiger partial charge in [0.05, 0.1) is 0 Å². The van der Waals surface area contributed by atoms with Crippen LogP contribution in [0.1, 0.15) is 31.7 Å². The molecular formula is C20H27N3OS. The Bertz CT molecular complexity index is 771. The molecule has 2 saturated heterocycles. The van der Waals surface area contributed by atoms with Gasteiger partial charge in [-0.3, -0.25) is 9.69 Å². The van der Waals surface area contributed by atoms with Gasteiger partial charge in [0.25, 0.3) is 0 Å². The molecular weight excluding hydrogens is 330 g/mol. The molecule has 1 N–H and O–H groups in total. The van der Waals surface area contributed by atoms with Gasteiger partial charge in [-0.25, -0.2) is 0 Å².